The minimum atomic E-state index is 0.269. The van der Waals surface area contributed by atoms with Crippen molar-refractivity contribution in [3.05, 3.63) is 42.0 Å². The Kier molecular flexibility index (Phi) is 5.19. The van der Waals surface area contributed by atoms with E-state index < -0.39 is 0 Å². The lowest BCUT2D eigenvalue weighted by atomic mass is 10.0. The Hall–Kier alpha value is -1.58. The number of methoxy groups -OCH3 is 2. The molecule has 0 radical (unpaired) electrons. The van der Waals surface area contributed by atoms with Crippen LogP contribution in [0.4, 0.5) is 0 Å². The van der Waals surface area contributed by atoms with Crippen molar-refractivity contribution in [2.45, 2.75) is 12.8 Å². The van der Waals surface area contributed by atoms with Crippen molar-refractivity contribution in [1.82, 2.24) is 0 Å². The molecule has 2 aromatic rings. The number of hydrogen-bond donors (Lipinski definition) is 0. The fourth-order valence-corrected chi connectivity index (χ4v) is 2.24. The Morgan fingerprint density at radius 2 is 1.74 bits per heavy atom. The molecule has 0 saturated heterocycles. The molecular formula is C16H20O3. The van der Waals surface area contributed by atoms with Crippen molar-refractivity contribution in [3.8, 4) is 5.75 Å². The molecule has 0 unspecified atom stereocenters. The van der Waals surface area contributed by atoms with Crippen LogP contribution in [-0.4, -0.2) is 27.6 Å². The number of benzene rings is 2. The molecule has 0 fully saturated rings. The first-order valence-electron chi connectivity index (χ1n) is 6.48. The predicted octanol–water partition coefficient (Wildman–Crippen LogP) is 3.40. The van der Waals surface area contributed by atoms with Crippen LogP contribution in [-0.2, 0) is 15.9 Å². The molecule has 0 saturated carbocycles. The Morgan fingerprint density at radius 3 is 2.47 bits per heavy atom. The first-order chi connectivity index (χ1) is 9.36. The summed E-state index contributed by atoms with van der Waals surface area (Å²) in [5.74, 6) is 0.882. The van der Waals surface area contributed by atoms with E-state index in [1.807, 2.05) is 12.1 Å². The Bertz CT molecular complexity index is 517. The van der Waals surface area contributed by atoms with Crippen LogP contribution >= 0.6 is 0 Å². The molecule has 102 valence electrons. The van der Waals surface area contributed by atoms with Gasteiger partial charge in [-0.2, -0.15) is 0 Å². The van der Waals surface area contributed by atoms with Crippen LogP contribution in [0.3, 0.4) is 0 Å². The molecule has 19 heavy (non-hydrogen) atoms. The molecule has 0 aromatic heterocycles. The molecule has 3 nitrogen and oxygen atoms in total. The van der Waals surface area contributed by atoms with E-state index in [0.717, 1.165) is 25.2 Å². The van der Waals surface area contributed by atoms with Gasteiger partial charge in [0.1, 0.15) is 5.75 Å². The SMILES string of the molecule is COCCCc1cccc2cccc(OCOC)c12. The van der Waals surface area contributed by atoms with Gasteiger partial charge in [0, 0.05) is 26.2 Å². The monoisotopic (exact) mass is 260 g/mol. The number of hydrogen-bond acceptors (Lipinski definition) is 3. The Labute approximate surface area is 114 Å². The maximum Gasteiger partial charge on any atom is 0.188 e. The van der Waals surface area contributed by atoms with Gasteiger partial charge < -0.3 is 14.2 Å². The van der Waals surface area contributed by atoms with E-state index in [2.05, 4.69) is 24.3 Å². The standard InChI is InChI=1S/C16H20O3/c1-17-11-5-9-14-7-3-6-13-8-4-10-15(16(13)14)19-12-18-2/h3-4,6-8,10H,5,9,11-12H2,1-2H3. The highest BCUT2D eigenvalue weighted by atomic mass is 16.7. The lowest BCUT2D eigenvalue weighted by Gasteiger charge is -2.12. The van der Waals surface area contributed by atoms with E-state index in [1.165, 1.54) is 16.3 Å². The van der Waals surface area contributed by atoms with Crippen molar-refractivity contribution in [2.75, 3.05) is 27.6 Å². The van der Waals surface area contributed by atoms with E-state index >= 15 is 0 Å². The van der Waals surface area contributed by atoms with Crippen LogP contribution in [0.25, 0.3) is 10.8 Å². The molecule has 0 heterocycles. The third-order valence-electron chi connectivity index (χ3n) is 3.08. The van der Waals surface area contributed by atoms with Crippen LogP contribution in [0, 0.1) is 0 Å². The molecule has 0 bridgehead atoms. The van der Waals surface area contributed by atoms with Crippen LogP contribution < -0.4 is 4.74 Å². The average Bonchev–Trinajstić information content (AvgIpc) is 2.45. The van der Waals surface area contributed by atoms with Gasteiger partial charge in [0.15, 0.2) is 6.79 Å². The summed E-state index contributed by atoms with van der Waals surface area (Å²) in [4.78, 5) is 0. The number of fused-ring (bicyclic) bond motifs is 1. The van der Waals surface area contributed by atoms with E-state index in [9.17, 15) is 0 Å². The summed E-state index contributed by atoms with van der Waals surface area (Å²) in [5.41, 5.74) is 1.29. The number of aryl methyl sites for hydroxylation is 1. The summed E-state index contributed by atoms with van der Waals surface area (Å²) in [6.45, 7) is 1.04. The van der Waals surface area contributed by atoms with Crippen molar-refractivity contribution in [3.63, 3.8) is 0 Å². The van der Waals surface area contributed by atoms with Gasteiger partial charge in [0.25, 0.3) is 0 Å². The minimum absolute atomic E-state index is 0.269. The fraction of sp³-hybridized carbons (Fsp3) is 0.375. The second kappa shape index (κ2) is 7.12. The van der Waals surface area contributed by atoms with Crippen molar-refractivity contribution in [1.29, 1.82) is 0 Å². The predicted molar refractivity (Wildman–Crippen MR) is 76.6 cm³/mol. The quantitative estimate of drug-likeness (QED) is 0.564. The lowest BCUT2D eigenvalue weighted by Crippen LogP contribution is -2.01. The van der Waals surface area contributed by atoms with Gasteiger partial charge in [-0.1, -0.05) is 30.3 Å². The molecule has 0 spiro atoms. The van der Waals surface area contributed by atoms with Crippen LogP contribution in [0.1, 0.15) is 12.0 Å². The molecule has 0 atom stereocenters. The smallest absolute Gasteiger partial charge is 0.188 e. The number of rotatable bonds is 7. The maximum atomic E-state index is 5.66. The van der Waals surface area contributed by atoms with Crippen LogP contribution in [0.15, 0.2) is 36.4 Å². The summed E-state index contributed by atoms with van der Waals surface area (Å²) in [5, 5.41) is 2.38. The van der Waals surface area contributed by atoms with E-state index in [4.69, 9.17) is 14.2 Å². The average molecular weight is 260 g/mol. The van der Waals surface area contributed by atoms with Crippen molar-refractivity contribution >= 4 is 10.8 Å². The molecule has 2 aromatic carbocycles. The van der Waals surface area contributed by atoms with Crippen LogP contribution in [0.2, 0.25) is 0 Å². The van der Waals surface area contributed by atoms with Gasteiger partial charge in [-0.3, -0.25) is 0 Å². The summed E-state index contributed by atoms with van der Waals surface area (Å²) in [7, 11) is 3.36. The van der Waals surface area contributed by atoms with E-state index in [1.54, 1.807) is 14.2 Å². The molecule has 0 N–H and O–H groups in total. The summed E-state index contributed by atoms with van der Waals surface area (Å²) in [6, 6.07) is 12.4. The van der Waals surface area contributed by atoms with Gasteiger partial charge in [-0.25, -0.2) is 0 Å². The highest BCUT2D eigenvalue weighted by molar-refractivity contribution is 5.91. The van der Waals surface area contributed by atoms with Gasteiger partial charge in [-0.05, 0) is 29.9 Å². The Balaban J connectivity index is 2.33. The summed E-state index contributed by atoms with van der Waals surface area (Å²) < 4.78 is 15.8. The Morgan fingerprint density at radius 1 is 0.947 bits per heavy atom. The van der Waals surface area contributed by atoms with Gasteiger partial charge >= 0.3 is 0 Å². The third-order valence-corrected chi connectivity index (χ3v) is 3.08. The molecular weight excluding hydrogens is 240 g/mol. The maximum absolute atomic E-state index is 5.66. The van der Waals surface area contributed by atoms with Crippen molar-refractivity contribution in [2.24, 2.45) is 0 Å². The zero-order chi connectivity index (χ0) is 13.5. The van der Waals surface area contributed by atoms with Crippen molar-refractivity contribution < 1.29 is 14.2 Å². The summed E-state index contributed by atoms with van der Waals surface area (Å²) in [6.07, 6.45) is 1.99. The third kappa shape index (κ3) is 3.46. The molecule has 2 rings (SSSR count). The minimum Gasteiger partial charge on any atom is -0.467 e. The zero-order valence-corrected chi connectivity index (χ0v) is 11.5. The normalized spacial score (nSPS) is 10.8. The lowest BCUT2D eigenvalue weighted by molar-refractivity contribution is 0.0522. The fourth-order valence-electron chi connectivity index (χ4n) is 2.24. The van der Waals surface area contributed by atoms with Crippen LogP contribution in [0.5, 0.6) is 5.75 Å². The van der Waals surface area contributed by atoms with E-state index in [0.29, 0.717) is 0 Å². The van der Waals surface area contributed by atoms with Gasteiger partial charge in [0.2, 0.25) is 0 Å². The summed E-state index contributed by atoms with van der Waals surface area (Å²) >= 11 is 0. The highest BCUT2D eigenvalue weighted by Crippen LogP contribution is 2.29. The first kappa shape index (κ1) is 13.8. The molecule has 0 aliphatic heterocycles. The zero-order valence-electron chi connectivity index (χ0n) is 11.5. The topological polar surface area (TPSA) is 27.7 Å². The van der Waals surface area contributed by atoms with E-state index in [-0.39, 0.29) is 6.79 Å². The molecule has 0 amide bonds. The largest absolute Gasteiger partial charge is 0.467 e. The van der Waals surface area contributed by atoms with Gasteiger partial charge in [0.05, 0.1) is 0 Å². The highest BCUT2D eigenvalue weighted by Gasteiger charge is 2.07. The second-order valence-corrected chi connectivity index (χ2v) is 4.42. The second-order valence-electron chi connectivity index (χ2n) is 4.42. The van der Waals surface area contributed by atoms with Gasteiger partial charge in [-0.15, -0.1) is 0 Å². The first-order valence-corrected chi connectivity index (χ1v) is 6.48. The number of ether oxygens (including phenoxy) is 3. The molecule has 0 aliphatic carbocycles. The molecule has 3 heteroatoms. The molecule has 0 aliphatic rings.